The smallest absolute Gasteiger partial charge is 0.307 e. The van der Waals surface area contributed by atoms with Crippen molar-refractivity contribution in [2.24, 2.45) is 0 Å². The van der Waals surface area contributed by atoms with Gasteiger partial charge in [0.1, 0.15) is 5.82 Å². The van der Waals surface area contributed by atoms with Gasteiger partial charge in [-0.2, -0.15) is 0 Å². The van der Waals surface area contributed by atoms with Crippen LogP contribution in [0.15, 0.2) is 61.1 Å². The third kappa shape index (κ3) is 7.07. The second kappa shape index (κ2) is 12.3. The maximum atomic E-state index is 11.9. The van der Waals surface area contributed by atoms with Crippen LogP contribution in [0.25, 0.3) is 22.3 Å². The molecule has 3 aromatic carbocycles. The normalized spacial score (nSPS) is 12.1. The molecule has 0 saturated carbocycles. The predicted octanol–water partition coefficient (Wildman–Crippen LogP) is 7.48. The van der Waals surface area contributed by atoms with Crippen molar-refractivity contribution in [3.8, 4) is 22.3 Å². The van der Waals surface area contributed by atoms with Gasteiger partial charge in [-0.25, -0.2) is 4.98 Å². The second-order valence-corrected chi connectivity index (χ2v) is 12.0. The topological polar surface area (TPSA) is 98.6 Å². The lowest BCUT2D eigenvalue weighted by atomic mass is 9.81. The van der Waals surface area contributed by atoms with Crippen LogP contribution in [0.5, 0.6) is 0 Å². The first-order valence-corrected chi connectivity index (χ1v) is 14.7. The number of aliphatic carboxylic acids is 1. The average molecular weight is 571 g/mol. The van der Waals surface area contributed by atoms with Crippen LogP contribution in [0.1, 0.15) is 48.6 Å². The van der Waals surface area contributed by atoms with Crippen molar-refractivity contribution in [1.82, 2.24) is 9.97 Å². The van der Waals surface area contributed by atoms with Crippen LogP contribution in [0.2, 0.25) is 0 Å². The fourth-order valence-electron chi connectivity index (χ4n) is 5.12. The summed E-state index contributed by atoms with van der Waals surface area (Å²) in [5.41, 5.74) is 11.3. The summed E-state index contributed by atoms with van der Waals surface area (Å²) in [6.45, 7) is 12.2. The van der Waals surface area contributed by atoms with Crippen molar-refractivity contribution < 1.29 is 15.0 Å². The monoisotopic (exact) mass is 570 g/mol. The quantitative estimate of drug-likeness (QED) is 0.205. The largest absolute Gasteiger partial charge is 0.481 e. The Kier molecular flexibility index (Phi) is 9.05. The molecule has 0 spiro atoms. The van der Waals surface area contributed by atoms with Crippen LogP contribution in [-0.4, -0.2) is 38.0 Å². The number of carboxylic acids is 1. The van der Waals surface area contributed by atoms with E-state index in [-0.39, 0.29) is 6.42 Å². The standard InChI is InChI=1S/C29H28N4O2S.C4H10O/c1-17-5-7-20(8-6-17)27-19(3)28-23-10-9-22(32-25-15-30-11-12-31-25)13-21(23)16-33(36-4)29(28)18(2)24(27)14-26(34)35;1-4(2,3)5/h5-13,15H,14,16H2,1-4H3,(H,31,32)(H,34,35);5H,1-3H3. The molecule has 5 rings (SSSR count). The molecular formula is C33H38N4O3S. The van der Waals surface area contributed by atoms with Crippen LogP contribution < -0.4 is 9.62 Å². The molecule has 0 aliphatic carbocycles. The van der Waals surface area contributed by atoms with E-state index >= 15 is 0 Å². The molecule has 0 saturated heterocycles. The Labute approximate surface area is 246 Å². The van der Waals surface area contributed by atoms with Gasteiger partial charge in [0.25, 0.3) is 0 Å². The molecule has 0 amide bonds. The Bertz CT molecular complexity index is 1540. The minimum absolute atomic E-state index is 0.0147. The van der Waals surface area contributed by atoms with Gasteiger partial charge in [-0.15, -0.1) is 0 Å². The molecule has 4 aromatic rings. The summed E-state index contributed by atoms with van der Waals surface area (Å²) in [6, 6.07) is 14.8. The highest BCUT2D eigenvalue weighted by atomic mass is 32.2. The first-order valence-electron chi connectivity index (χ1n) is 13.5. The van der Waals surface area contributed by atoms with Gasteiger partial charge in [-0.1, -0.05) is 47.8 Å². The second-order valence-electron chi connectivity index (χ2n) is 11.2. The van der Waals surface area contributed by atoms with Crippen molar-refractivity contribution in [3.05, 3.63) is 88.9 Å². The summed E-state index contributed by atoms with van der Waals surface area (Å²) < 4.78 is 2.27. The third-order valence-electron chi connectivity index (χ3n) is 6.76. The van der Waals surface area contributed by atoms with Crippen molar-refractivity contribution in [2.45, 2.75) is 60.1 Å². The van der Waals surface area contributed by atoms with Gasteiger partial charge in [0.05, 0.1) is 30.5 Å². The summed E-state index contributed by atoms with van der Waals surface area (Å²) in [5, 5.41) is 21.7. The number of nitrogens with one attached hydrogen (secondary N) is 1. The first kappa shape index (κ1) is 30.1. The number of hydrogen-bond acceptors (Lipinski definition) is 7. The van der Waals surface area contributed by atoms with Gasteiger partial charge in [0, 0.05) is 29.9 Å². The first-order chi connectivity index (χ1) is 19.4. The zero-order valence-corrected chi connectivity index (χ0v) is 25.6. The Morgan fingerprint density at radius 3 is 2.29 bits per heavy atom. The van der Waals surface area contributed by atoms with Gasteiger partial charge in [-0.05, 0) is 92.6 Å². The molecule has 2 heterocycles. The summed E-state index contributed by atoms with van der Waals surface area (Å²) in [4.78, 5) is 20.4. The van der Waals surface area contributed by atoms with Gasteiger partial charge < -0.3 is 19.8 Å². The van der Waals surface area contributed by atoms with Crippen molar-refractivity contribution in [1.29, 1.82) is 0 Å². The Morgan fingerprint density at radius 2 is 1.71 bits per heavy atom. The van der Waals surface area contributed by atoms with E-state index in [9.17, 15) is 9.90 Å². The summed E-state index contributed by atoms with van der Waals surface area (Å²) in [7, 11) is 0. The molecule has 41 heavy (non-hydrogen) atoms. The number of aliphatic hydroxyl groups is 1. The number of aromatic nitrogens is 2. The van der Waals surface area contributed by atoms with E-state index in [1.54, 1.807) is 51.3 Å². The van der Waals surface area contributed by atoms with Crippen LogP contribution in [-0.2, 0) is 17.8 Å². The molecule has 8 heteroatoms. The highest BCUT2D eigenvalue weighted by Gasteiger charge is 2.30. The van der Waals surface area contributed by atoms with Gasteiger partial charge in [0.15, 0.2) is 0 Å². The molecule has 0 fully saturated rings. The number of benzene rings is 3. The number of aryl methyl sites for hydroxylation is 1. The highest BCUT2D eigenvalue weighted by Crippen LogP contribution is 2.50. The molecule has 0 unspecified atom stereocenters. The molecule has 0 bridgehead atoms. The molecule has 214 valence electrons. The predicted molar refractivity (Wildman–Crippen MR) is 170 cm³/mol. The van der Waals surface area contributed by atoms with Crippen LogP contribution in [0.4, 0.5) is 17.2 Å². The fourth-order valence-corrected chi connectivity index (χ4v) is 5.80. The van der Waals surface area contributed by atoms with E-state index < -0.39 is 11.6 Å². The van der Waals surface area contributed by atoms with E-state index in [0.717, 1.165) is 45.7 Å². The van der Waals surface area contributed by atoms with Gasteiger partial charge >= 0.3 is 5.97 Å². The summed E-state index contributed by atoms with van der Waals surface area (Å²) in [5.74, 6) is -0.125. The highest BCUT2D eigenvalue weighted by molar-refractivity contribution is 7.99. The molecule has 0 atom stereocenters. The van der Waals surface area contributed by atoms with Gasteiger partial charge in [-0.3, -0.25) is 9.78 Å². The third-order valence-corrected chi connectivity index (χ3v) is 7.51. The Morgan fingerprint density at radius 1 is 1.02 bits per heavy atom. The van der Waals surface area contributed by atoms with E-state index in [1.165, 1.54) is 22.3 Å². The van der Waals surface area contributed by atoms with E-state index in [4.69, 9.17) is 5.11 Å². The van der Waals surface area contributed by atoms with E-state index in [1.807, 2.05) is 0 Å². The van der Waals surface area contributed by atoms with Crippen molar-refractivity contribution >= 4 is 35.1 Å². The molecule has 3 N–H and O–H groups in total. The molecule has 0 radical (unpaired) electrons. The number of hydrogen-bond donors (Lipinski definition) is 3. The molecule has 1 aliphatic rings. The minimum Gasteiger partial charge on any atom is -0.481 e. The summed E-state index contributed by atoms with van der Waals surface area (Å²) >= 11 is 1.66. The molecule has 1 aliphatic heterocycles. The Hall–Kier alpha value is -3.88. The fraction of sp³-hybridized carbons (Fsp3) is 0.303. The zero-order valence-electron chi connectivity index (χ0n) is 24.7. The number of carbonyl (C=O) groups is 1. The van der Waals surface area contributed by atoms with E-state index in [2.05, 4.69) is 89.1 Å². The number of rotatable bonds is 6. The maximum Gasteiger partial charge on any atom is 0.307 e. The number of nitrogens with zero attached hydrogens (tertiary/aromatic N) is 3. The molecule has 1 aromatic heterocycles. The van der Waals surface area contributed by atoms with Crippen LogP contribution in [0.3, 0.4) is 0 Å². The lowest BCUT2D eigenvalue weighted by Crippen LogP contribution is -2.22. The zero-order chi connectivity index (χ0) is 29.9. The lowest BCUT2D eigenvalue weighted by Gasteiger charge is -2.36. The van der Waals surface area contributed by atoms with Crippen LogP contribution >= 0.6 is 11.9 Å². The van der Waals surface area contributed by atoms with Crippen molar-refractivity contribution in [2.75, 3.05) is 15.9 Å². The minimum atomic E-state index is -0.822. The summed E-state index contributed by atoms with van der Waals surface area (Å²) in [6.07, 6.45) is 7.07. The molecular weight excluding hydrogens is 532 g/mol. The lowest BCUT2D eigenvalue weighted by molar-refractivity contribution is -0.136. The number of fused-ring (bicyclic) bond motifs is 3. The van der Waals surface area contributed by atoms with Crippen LogP contribution in [0, 0.1) is 20.8 Å². The van der Waals surface area contributed by atoms with Crippen molar-refractivity contribution in [3.63, 3.8) is 0 Å². The average Bonchev–Trinajstić information content (AvgIpc) is 2.91. The SMILES string of the molecule is CC(C)(C)O.CSN1Cc2cc(Nc3cnccn3)ccc2-c2c(C)c(-c3ccc(C)cc3)c(CC(=O)O)c(C)c21. The van der Waals surface area contributed by atoms with E-state index in [0.29, 0.717) is 5.82 Å². The Balaban J connectivity index is 0.000000714. The number of carboxylic acid groups (broad SMARTS) is 1. The number of anilines is 3. The molecule has 7 nitrogen and oxygen atoms in total. The van der Waals surface area contributed by atoms with Gasteiger partial charge in [0.2, 0.25) is 0 Å². The maximum absolute atomic E-state index is 11.9.